The van der Waals surface area contributed by atoms with Crippen molar-refractivity contribution >= 4 is 0 Å². The van der Waals surface area contributed by atoms with E-state index < -0.39 is 0 Å². The fraction of sp³-hybridized carbons (Fsp3) is 0.625. The second kappa shape index (κ2) is 5.85. The Bertz CT molecular complexity index is 389. The summed E-state index contributed by atoms with van der Waals surface area (Å²) in [5.41, 5.74) is 5.81. The Hall–Kier alpha value is -0.860. The van der Waals surface area contributed by atoms with Gasteiger partial charge in [0, 0.05) is 13.1 Å². The van der Waals surface area contributed by atoms with Gasteiger partial charge < -0.3 is 5.32 Å². The summed E-state index contributed by atoms with van der Waals surface area (Å²) in [5, 5.41) is 3.30. The van der Waals surface area contributed by atoms with Crippen LogP contribution >= 0.6 is 0 Å². The van der Waals surface area contributed by atoms with Crippen LogP contribution in [0.15, 0.2) is 12.1 Å². The summed E-state index contributed by atoms with van der Waals surface area (Å²) >= 11 is 0. The summed E-state index contributed by atoms with van der Waals surface area (Å²) in [7, 11) is 2.05. The zero-order valence-corrected chi connectivity index (χ0v) is 12.2. The maximum atomic E-state index is 3.30. The second-order valence-electron chi connectivity index (χ2n) is 5.82. The van der Waals surface area contributed by atoms with E-state index in [1.807, 2.05) is 0 Å². The Balaban J connectivity index is 2.02. The highest BCUT2D eigenvalue weighted by atomic mass is 15.1. The molecule has 2 heteroatoms. The van der Waals surface area contributed by atoms with Crippen LogP contribution in [0.4, 0.5) is 0 Å². The molecule has 1 unspecified atom stereocenters. The van der Waals surface area contributed by atoms with Crippen LogP contribution in [-0.2, 0) is 6.54 Å². The smallest absolute Gasteiger partial charge is 0.0239 e. The summed E-state index contributed by atoms with van der Waals surface area (Å²) in [6.45, 7) is 11.4. The van der Waals surface area contributed by atoms with Gasteiger partial charge in [-0.3, -0.25) is 4.90 Å². The number of nitrogens with one attached hydrogen (secondary N) is 1. The van der Waals surface area contributed by atoms with Crippen LogP contribution in [0.2, 0.25) is 0 Å². The minimum atomic E-state index is 0.834. The van der Waals surface area contributed by atoms with E-state index in [0.717, 1.165) is 19.0 Å². The molecule has 100 valence electrons. The topological polar surface area (TPSA) is 15.3 Å². The monoisotopic (exact) mass is 246 g/mol. The van der Waals surface area contributed by atoms with Gasteiger partial charge in [0.05, 0.1) is 0 Å². The predicted molar refractivity (Wildman–Crippen MR) is 78.0 cm³/mol. The summed E-state index contributed by atoms with van der Waals surface area (Å²) < 4.78 is 0. The molecule has 1 aliphatic heterocycles. The molecule has 1 N–H and O–H groups in total. The first-order valence-electron chi connectivity index (χ1n) is 7.04. The van der Waals surface area contributed by atoms with Gasteiger partial charge in [0.25, 0.3) is 0 Å². The fourth-order valence-corrected chi connectivity index (χ4v) is 3.19. The first-order valence-corrected chi connectivity index (χ1v) is 7.04. The third kappa shape index (κ3) is 3.12. The molecule has 1 fully saturated rings. The van der Waals surface area contributed by atoms with Crippen molar-refractivity contribution in [2.45, 2.75) is 33.7 Å². The van der Waals surface area contributed by atoms with Crippen molar-refractivity contribution in [1.29, 1.82) is 0 Å². The van der Waals surface area contributed by atoms with E-state index in [2.05, 4.69) is 50.2 Å². The van der Waals surface area contributed by atoms with E-state index in [4.69, 9.17) is 0 Å². The van der Waals surface area contributed by atoms with Gasteiger partial charge in [-0.15, -0.1) is 0 Å². The lowest BCUT2D eigenvalue weighted by atomic mass is 9.99. The van der Waals surface area contributed by atoms with Gasteiger partial charge >= 0.3 is 0 Å². The van der Waals surface area contributed by atoms with Crippen LogP contribution in [0.5, 0.6) is 0 Å². The van der Waals surface area contributed by atoms with Crippen LogP contribution in [0.25, 0.3) is 0 Å². The normalized spacial score (nSPS) is 20.6. The third-order valence-corrected chi connectivity index (χ3v) is 4.08. The Kier molecular flexibility index (Phi) is 4.41. The molecule has 0 aliphatic carbocycles. The number of nitrogens with zero attached hydrogens (tertiary/aromatic N) is 1. The molecular weight excluding hydrogens is 220 g/mol. The number of aryl methyl sites for hydroxylation is 3. The number of likely N-dealkylation sites (tertiary alicyclic amines) is 1. The number of hydrogen-bond donors (Lipinski definition) is 1. The van der Waals surface area contributed by atoms with Crippen molar-refractivity contribution in [2.75, 3.05) is 26.7 Å². The van der Waals surface area contributed by atoms with Crippen molar-refractivity contribution in [3.8, 4) is 0 Å². The highest BCUT2D eigenvalue weighted by Crippen LogP contribution is 2.22. The molecule has 2 rings (SSSR count). The molecule has 1 saturated heterocycles. The molecule has 18 heavy (non-hydrogen) atoms. The van der Waals surface area contributed by atoms with Gasteiger partial charge in [-0.25, -0.2) is 0 Å². The summed E-state index contributed by atoms with van der Waals surface area (Å²) in [4.78, 5) is 2.60. The van der Waals surface area contributed by atoms with Gasteiger partial charge in [-0.2, -0.15) is 0 Å². The van der Waals surface area contributed by atoms with Crippen molar-refractivity contribution in [3.63, 3.8) is 0 Å². The standard InChI is InChI=1S/C16H26N2/c1-12-7-13(2)16(14(3)8-12)11-18-6-5-15(10-18)9-17-4/h7-8,15,17H,5-6,9-11H2,1-4H3. The summed E-state index contributed by atoms with van der Waals surface area (Å²) in [6, 6.07) is 4.62. The van der Waals surface area contributed by atoms with Crippen molar-refractivity contribution < 1.29 is 0 Å². The lowest BCUT2D eigenvalue weighted by Crippen LogP contribution is -2.24. The van der Waals surface area contributed by atoms with E-state index in [1.165, 1.54) is 41.8 Å². The molecule has 1 heterocycles. The Morgan fingerprint density at radius 3 is 2.50 bits per heavy atom. The molecule has 1 aliphatic rings. The van der Waals surface area contributed by atoms with E-state index >= 15 is 0 Å². The average molecular weight is 246 g/mol. The molecule has 0 amide bonds. The van der Waals surface area contributed by atoms with E-state index in [9.17, 15) is 0 Å². The van der Waals surface area contributed by atoms with Gasteiger partial charge in [0.1, 0.15) is 0 Å². The number of rotatable bonds is 4. The highest BCUT2D eigenvalue weighted by molar-refractivity contribution is 5.37. The van der Waals surface area contributed by atoms with Gasteiger partial charge in [0.2, 0.25) is 0 Å². The molecule has 1 atom stereocenters. The van der Waals surface area contributed by atoms with Crippen LogP contribution in [0, 0.1) is 26.7 Å². The first-order chi connectivity index (χ1) is 8.60. The number of benzene rings is 1. The van der Waals surface area contributed by atoms with Gasteiger partial charge in [-0.1, -0.05) is 17.7 Å². The van der Waals surface area contributed by atoms with Crippen molar-refractivity contribution in [3.05, 3.63) is 34.4 Å². The quantitative estimate of drug-likeness (QED) is 0.878. The van der Waals surface area contributed by atoms with E-state index in [1.54, 1.807) is 0 Å². The summed E-state index contributed by atoms with van der Waals surface area (Å²) in [5.74, 6) is 0.834. The lowest BCUT2D eigenvalue weighted by Gasteiger charge is -2.19. The molecule has 0 spiro atoms. The van der Waals surface area contributed by atoms with Crippen LogP contribution < -0.4 is 5.32 Å². The molecule has 1 aromatic rings. The molecule has 1 aromatic carbocycles. The van der Waals surface area contributed by atoms with Crippen molar-refractivity contribution in [2.24, 2.45) is 5.92 Å². The first kappa shape index (κ1) is 13.6. The SMILES string of the molecule is CNCC1CCN(Cc2c(C)cc(C)cc2C)C1. The van der Waals surface area contributed by atoms with E-state index in [-0.39, 0.29) is 0 Å². The maximum Gasteiger partial charge on any atom is 0.0239 e. The molecular formula is C16H26N2. The maximum absolute atomic E-state index is 3.30. The Morgan fingerprint density at radius 1 is 1.22 bits per heavy atom. The average Bonchev–Trinajstić information content (AvgIpc) is 2.72. The zero-order chi connectivity index (χ0) is 13.1. The molecule has 0 saturated carbocycles. The minimum absolute atomic E-state index is 0.834. The molecule has 0 radical (unpaired) electrons. The van der Waals surface area contributed by atoms with Crippen LogP contribution in [-0.4, -0.2) is 31.6 Å². The fourth-order valence-electron chi connectivity index (χ4n) is 3.19. The second-order valence-corrected chi connectivity index (χ2v) is 5.82. The highest BCUT2D eigenvalue weighted by Gasteiger charge is 2.22. The minimum Gasteiger partial charge on any atom is -0.319 e. The molecule has 0 aromatic heterocycles. The van der Waals surface area contributed by atoms with Gasteiger partial charge in [-0.05, 0) is 69.9 Å². The number of hydrogen-bond acceptors (Lipinski definition) is 2. The lowest BCUT2D eigenvalue weighted by molar-refractivity contribution is 0.314. The van der Waals surface area contributed by atoms with E-state index in [0.29, 0.717) is 0 Å². The Labute approximate surface area is 111 Å². The van der Waals surface area contributed by atoms with Crippen LogP contribution in [0.1, 0.15) is 28.7 Å². The Morgan fingerprint density at radius 2 is 1.89 bits per heavy atom. The van der Waals surface area contributed by atoms with Crippen LogP contribution in [0.3, 0.4) is 0 Å². The van der Waals surface area contributed by atoms with Gasteiger partial charge in [0.15, 0.2) is 0 Å². The molecule has 0 bridgehead atoms. The third-order valence-electron chi connectivity index (χ3n) is 4.08. The largest absolute Gasteiger partial charge is 0.319 e. The summed E-state index contributed by atoms with van der Waals surface area (Å²) in [6.07, 6.45) is 1.34. The molecule has 2 nitrogen and oxygen atoms in total. The zero-order valence-electron chi connectivity index (χ0n) is 12.2. The van der Waals surface area contributed by atoms with Crippen molar-refractivity contribution in [1.82, 2.24) is 10.2 Å². The predicted octanol–water partition coefficient (Wildman–Crippen LogP) is 2.65.